The largest absolute Gasteiger partial charge is 0.372 e. The molecule has 2 unspecified atom stereocenters. The molecule has 0 spiro atoms. The van der Waals surface area contributed by atoms with E-state index in [9.17, 15) is 0 Å². The van der Waals surface area contributed by atoms with Crippen LogP contribution in [0.4, 0.5) is 5.00 Å². The molecule has 0 saturated heterocycles. The molecule has 90 valence electrons. The summed E-state index contributed by atoms with van der Waals surface area (Å²) >= 11 is 1.26. The summed E-state index contributed by atoms with van der Waals surface area (Å²) < 4.78 is 9.69. The summed E-state index contributed by atoms with van der Waals surface area (Å²) in [5.74, 6) is 6.13. The van der Waals surface area contributed by atoms with Crippen molar-refractivity contribution in [2.75, 3.05) is 5.43 Å². The van der Waals surface area contributed by atoms with Crippen LogP contribution in [0.25, 0.3) is 0 Å². The summed E-state index contributed by atoms with van der Waals surface area (Å²) in [5, 5.41) is 4.79. The molecule has 0 radical (unpaired) electrons. The molecule has 5 nitrogen and oxygen atoms in total. The quantitative estimate of drug-likeness (QED) is 0.623. The Kier molecular flexibility index (Phi) is 4.09. The fraction of sp³-hybridized carbons (Fsp3) is 0.800. The third-order valence-electron chi connectivity index (χ3n) is 3.03. The Morgan fingerprint density at radius 3 is 3.19 bits per heavy atom. The number of nitrogens with zero attached hydrogens (tertiary/aromatic N) is 2. The van der Waals surface area contributed by atoms with Crippen molar-refractivity contribution in [1.29, 1.82) is 0 Å². The Bertz CT molecular complexity index is 330. The summed E-state index contributed by atoms with van der Waals surface area (Å²) in [4.78, 5) is 0. The average molecular weight is 242 g/mol. The highest BCUT2D eigenvalue weighted by Gasteiger charge is 2.20. The van der Waals surface area contributed by atoms with E-state index in [1.807, 2.05) is 0 Å². The van der Waals surface area contributed by atoms with Crippen LogP contribution in [-0.2, 0) is 11.3 Å². The number of nitrogen functional groups attached to an aromatic ring is 1. The van der Waals surface area contributed by atoms with Crippen molar-refractivity contribution in [2.24, 2.45) is 11.8 Å². The molecule has 0 aliphatic heterocycles. The zero-order valence-electron chi connectivity index (χ0n) is 9.48. The molecule has 2 atom stereocenters. The number of ether oxygens (including phenoxy) is 1. The van der Waals surface area contributed by atoms with E-state index in [-0.39, 0.29) is 0 Å². The first-order valence-electron chi connectivity index (χ1n) is 5.69. The van der Waals surface area contributed by atoms with Crippen LogP contribution in [0.3, 0.4) is 0 Å². The van der Waals surface area contributed by atoms with E-state index in [0.29, 0.717) is 12.7 Å². The topological polar surface area (TPSA) is 73.1 Å². The van der Waals surface area contributed by atoms with Gasteiger partial charge in [-0.3, -0.25) is 0 Å². The highest BCUT2D eigenvalue weighted by Crippen LogP contribution is 2.27. The molecule has 1 aromatic heterocycles. The average Bonchev–Trinajstić information content (AvgIpc) is 2.74. The molecule has 1 aliphatic rings. The predicted octanol–water partition coefficient (Wildman–Crippen LogP) is 1.92. The molecule has 1 aromatic rings. The molecule has 6 heteroatoms. The minimum absolute atomic E-state index is 0.371. The van der Waals surface area contributed by atoms with Gasteiger partial charge >= 0.3 is 0 Å². The monoisotopic (exact) mass is 242 g/mol. The molecule has 1 heterocycles. The summed E-state index contributed by atoms with van der Waals surface area (Å²) in [6.07, 6.45) is 5.28. The van der Waals surface area contributed by atoms with E-state index in [1.165, 1.54) is 24.4 Å². The van der Waals surface area contributed by atoms with Crippen LogP contribution in [0.2, 0.25) is 0 Å². The molecular weight excluding hydrogens is 224 g/mol. The van der Waals surface area contributed by atoms with Gasteiger partial charge in [-0.15, -0.1) is 5.10 Å². The lowest BCUT2D eigenvalue weighted by molar-refractivity contribution is 0.00343. The summed E-state index contributed by atoms with van der Waals surface area (Å²) in [6.45, 7) is 2.79. The van der Waals surface area contributed by atoms with Crippen molar-refractivity contribution < 1.29 is 4.74 Å². The number of nitrogens with one attached hydrogen (secondary N) is 1. The second kappa shape index (κ2) is 5.56. The van der Waals surface area contributed by atoms with Crippen molar-refractivity contribution in [3.8, 4) is 0 Å². The number of rotatable bonds is 4. The van der Waals surface area contributed by atoms with Gasteiger partial charge < -0.3 is 10.2 Å². The van der Waals surface area contributed by atoms with E-state index in [4.69, 9.17) is 10.6 Å². The first-order valence-corrected chi connectivity index (χ1v) is 6.46. The minimum atomic E-state index is 0.371. The van der Waals surface area contributed by atoms with Crippen molar-refractivity contribution in [3.05, 3.63) is 5.69 Å². The van der Waals surface area contributed by atoms with Gasteiger partial charge in [-0.1, -0.05) is 24.3 Å². The molecular formula is C10H18N4OS. The van der Waals surface area contributed by atoms with E-state index >= 15 is 0 Å². The predicted molar refractivity (Wildman–Crippen MR) is 63.9 cm³/mol. The lowest BCUT2D eigenvalue weighted by Gasteiger charge is -2.26. The molecule has 3 N–H and O–H groups in total. The van der Waals surface area contributed by atoms with E-state index in [0.717, 1.165) is 29.5 Å². The highest BCUT2D eigenvalue weighted by atomic mass is 32.1. The molecule has 1 fully saturated rings. The standard InChI is InChI=1S/C10H18N4OS/c1-7-3-2-4-8(5-7)15-6-9-10(12-11)16-14-13-9/h7-8,12H,2-6,11H2,1H3. The second-order valence-corrected chi connectivity index (χ2v) is 5.15. The fourth-order valence-electron chi connectivity index (χ4n) is 2.14. The number of anilines is 1. The Morgan fingerprint density at radius 1 is 1.56 bits per heavy atom. The van der Waals surface area contributed by atoms with Gasteiger partial charge in [0.1, 0.15) is 10.7 Å². The van der Waals surface area contributed by atoms with Crippen LogP contribution in [0, 0.1) is 5.92 Å². The summed E-state index contributed by atoms with van der Waals surface area (Å²) in [5.41, 5.74) is 3.40. The third-order valence-corrected chi connectivity index (χ3v) is 3.73. The first kappa shape index (κ1) is 11.8. The maximum absolute atomic E-state index is 5.85. The molecule has 16 heavy (non-hydrogen) atoms. The van der Waals surface area contributed by atoms with Crippen LogP contribution in [-0.4, -0.2) is 15.7 Å². The van der Waals surface area contributed by atoms with E-state index in [1.54, 1.807) is 0 Å². The lowest BCUT2D eigenvalue weighted by Crippen LogP contribution is -2.21. The molecule has 2 rings (SSSR count). The molecule has 1 saturated carbocycles. The zero-order valence-corrected chi connectivity index (χ0v) is 10.3. The van der Waals surface area contributed by atoms with Gasteiger partial charge in [0.25, 0.3) is 0 Å². The molecule has 0 bridgehead atoms. The van der Waals surface area contributed by atoms with E-state index in [2.05, 4.69) is 21.9 Å². The number of nitrogens with two attached hydrogens (primary N) is 1. The maximum Gasteiger partial charge on any atom is 0.149 e. The van der Waals surface area contributed by atoms with Crippen LogP contribution >= 0.6 is 11.5 Å². The Morgan fingerprint density at radius 2 is 2.44 bits per heavy atom. The van der Waals surface area contributed by atoms with Crippen molar-refractivity contribution >= 4 is 16.5 Å². The SMILES string of the molecule is CC1CCCC(OCc2nnsc2NN)C1. The summed E-state index contributed by atoms with van der Waals surface area (Å²) in [6, 6.07) is 0. The van der Waals surface area contributed by atoms with Crippen molar-refractivity contribution in [1.82, 2.24) is 9.59 Å². The normalized spacial score (nSPS) is 25.6. The molecule has 1 aliphatic carbocycles. The van der Waals surface area contributed by atoms with Crippen LogP contribution in [0.1, 0.15) is 38.3 Å². The van der Waals surface area contributed by atoms with Crippen LogP contribution in [0.5, 0.6) is 0 Å². The van der Waals surface area contributed by atoms with Gasteiger partial charge in [-0.05, 0) is 18.8 Å². The number of hydrogen-bond acceptors (Lipinski definition) is 6. The third kappa shape index (κ3) is 2.90. The highest BCUT2D eigenvalue weighted by molar-refractivity contribution is 7.10. The van der Waals surface area contributed by atoms with Gasteiger partial charge in [0.15, 0.2) is 0 Å². The van der Waals surface area contributed by atoms with Crippen molar-refractivity contribution in [3.63, 3.8) is 0 Å². The Labute approximate surface area is 99.5 Å². The van der Waals surface area contributed by atoms with Crippen LogP contribution in [0.15, 0.2) is 0 Å². The Balaban J connectivity index is 1.82. The van der Waals surface area contributed by atoms with Gasteiger partial charge in [-0.2, -0.15) is 0 Å². The van der Waals surface area contributed by atoms with Gasteiger partial charge in [-0.25, -0.2) is 5.84 Å². The lowest BCUT2D eigenvalue weighted by atomic mass is 9.89. The minimum Gasteiger partial charge on any atom is -0.372 e. The summed E-state index contributed by atoms with van der Waals surface area (Å²) in [7, 11) is 0. The van der Waals surface area contributed by atoms with Crippen LogP contribution < -0.4 is 11.3 Å². The fourth-order valence-corrected chi connectivity index (χ4v) is 2.62. The van der Waals surface area contributed by atoms with Crippen molar-refractivity contribution in [2.45, 2.75) is 45.3 Å². The maximum atomic E-state index is 5.85. The zero-order chi connectivity index (χ0) is 11.4. The Hall–Kier alpha value is -0.720. The smallest absolute Gasteiger partial charge is 0.149 e. The molecule has 0 aromatic carbocycles. The number of hydrogen-bond donors (Lipinski definition) is 2. The van der Waals surface area contributed by atoms with Gasteiger partial charge in [0, 0.05) is 11.5 Å². The molecule has 0 amide bonds. The van der Waals surface area contributed by atoms with Gasteiger partial charge in [0.2, 0.25) is 0 Å². The number of hydrazine groups is 1. The first-order chi connectivity index (χ1) is 7.79. The van der Waals surface area contributed by atoms with E-state index < -0.39 is 0 Å². The second-order valence-electron chi connectivity index (χ2n) is 4.40. The van der Waals surface area contributed by atoms with Gasteiger partial charge in [0.05, 0.1) is 12.7 Å². The number of aromatic nitrogens is 2.